The molecule has 0 fully saturated rings. The van der Waals surface area contributed by atoms with Crippen molar-refractivity contribution in [1.82, 2.24) is 0 Å². The maximum absolute atomic E-state index is 13.2. The van der Waals surface area contributed by atoms with Gasteiger partial charge in [0.2, 0.25) is 0 Å². The molecule has 1 aromatic rings. The van der Waals surface area contributed by atoms with Crippen LogP contribution in [0.5, 0.6) is 5.75 Å². The first-order valence-corrected chi connectivity index (χ1v) is 4.62. The van der Waals surface area contributed by atoms with Gasteiger partial charge in [0.1, 0.15) is 0 Å². The number of phenols is 1. The van der Waals surface area contributed by atoms with Crippen LogP contribution in [0.25, 0.3) is 0 Å². The molecule has 0 heterocycles. The number of alkyl halides is 7. The number of phenolic OH excluding ortho intramolecular Hbond substituents is 1. The molecule has 0 unspecified atom stereocenters. The lowest BCUT2D eigenvalue weighted by atomic mass is 10.0. The van der Waals surface area contributed by atoms with E-state index in [0.29, 0.717) is 0 Å². The van der Waals surface area contributed by atoms with Crippen LogP contribution >= 0.6 is 0 Å². The van der Waals surface area contributed by atoms with Gasteiger partial charge in [0.25, 0.3) is 0 Å². The molecule has 1 aromatic carbocycles. The Labute approximate surface area is 105 Å². The summed E-state index contributed by atoms with van der Waals surface area (Å²) >= 11 is 0. The molecule has 0 spiro atoms. The molecule has 0 saturated heterocycles. The second-order valence-electron chi connectivity index (χ2n) is 3.61. The normalized spacial score (nSPS) is 13.3. The quantitative estimate of drug-likeness (QED) is 0.527. The zero-order chi connectivity index (χ0) is 15.9. The van der Waals surface area contributed by atoms with Gasteiger partial charge in [-0.3, -0.25) is 10.1 Å². The van der Waals surface area contributed by atoms with Crippen molar-refractivity contribution in [2.45, 2.75) is 18.0 Å². The lowest BCUT2D eigenvalue weighted by Crippen LogP contribution is -2.50. The molecule has 0 atom stereocenters. The summed E-state index contributed by atoms with van der Waals surface area (Å²) in [6, 6.07) is 0.0325. The largest absolute Gasteiger partial charge is 0.502 e. The molecule has 0 aliphatic heterocycles. The maximum Gasteiger partial charge on any atom is 0.460 e. The highest BCUT2D eigenvalue weighted by Crippen LogP contribution is 2.52. The van der Waals surface area contributed by atoms with Gasteiger partial charge < -0.3 is 5.11 Å². The van der Waals surface area contributed by atoms with Crippen molar-refractivity contribution in [3.63, 3.8) is 0 Å². The summed E-state index contributed by atoms with van der Waals surface area (Å²) in [6.45, 7) is 0. The molecule has 1 rings (SSSR count). The predicted octanol–water partition coefficient (Wildman–Crippen LogP) is 3.59. The molecule has 1 N–H and O–H groups in total. The fourth-order valence-electron chi connectivity index (χ4n) is 1.22. The summed E-state index contributed by atoms with van der Waals surface area (Å²) in [5.41, 5.74) is -3.36. The van der Waals surface area contributed by atoms with Crippen LogP contribution in [-0.2, 0) is 5.92 Å². The van der Waals surface area contributed by atoms with Gasteiger partial charge in [0.05, 0.1) is 4.92 Å². The molecule has 0 saturated carbocycles. The van der Waals surface area contributed by atoms with E-state index in [1.54, 1.807) is 0 Å². The van der Waals surface area contributed by atoms with Gasteiger partial charge in [-0.05, 0) is 12.1 Å². The smallest absolute Gasteiger partial charge is 0.460 e. The highest BCUT2D eigenvalue weighted by atomic mass is 19.4. The van der Waals surface area contributed by atoms with E-state index in [4.69, 9.17) is 5.11 Å². The van der Waals surface area contributed by atoms with Gasteiger partial charge in [-0.25, -0.2) is 0 Å². The molecule has 4 nitrogen and oxygen atoms in total. The van der Waals surface area contributed by atoms with Crippen molar-refractivity contribution in [3.8, 4) is 5.75 Å². The van der Waals surface area contributed by atoms with Crippen LogP contribution in [0.3, 0.4) is 0 Å². The Morgan fingerprint density at radius 3 is 1.95 bits per heavy atom. The van der Waals surface area contributed by atoms with E-state index >= 15 is 0 Å². The Kier molecular flexibility index (Phi) is 3.59. The van der Waals surface area contributed by atoms with Crippen LogP contribution in [-0.4, -0.2) is 22.1 Å². The zero-order valence-corrected chi connectivity index (χ0v) is 9.09. The van der Waals surface area contributed by atoms with E-state index in [-0.39, 0.29) is 18.2 Å². The van der Waals surface area contributed by atoms with Crippen LogP contribution in [0.15, 0.2) is 18.2 Å². The first-order chi connectivity index (χ1) is 8.82. The number of nitrogens with zero attached hydrogens (tertiary/aromatic N) is 1. The first-order valence-electron chi connectivity index (χ1n) is 4.62. The fraction of sp³-hybridized carbons (Fsp3) is 0.333. The minimum Gasteiger partial charge on any atom is -0.502 e. The molecule has 0 aliphatic carbocycles. The first kappa shape index (κ1) is 16.0. The molecule has 11 heteroatoms. The molecule has 0 aromatic heterocycles. The third kappa shape index (κ3) is 2.34. The predicted molar refractivity (Wildman–Crippen MR) is 49.7 cm³/mol. The van der Waals surface area contributed by atoms with E-state index in [2.05, 4.69) is 0 Å². The highest BCUT2D eigenvalue weighted by molar-refractivity contribution is 5.49. The number of rotatable bonds is 3. The van der Waals surface area contributed by atoms with Gasteiger partial charge in [-0.15, -0.1) is 0 Å². The monoisotopic (exact) mass is 307 g/mol. The lowest BCUT2D eigenvalue weighted by molar-refractivity contribution is -0.386. The Morgan fingerprint density at radius 2 is 1.55 bits per heavy atom. The van der Waals surface area contributed by atoms with Crippen molar-refractivity contribution in [2.24, 2.45) is 0 Å². The summed E-state index contributed by atoms with van der Waals surface area (Å²) in [4.78, 5) is 8.94. The number of aromatic hydroxyl groups is 1. The number of nitro benzene ring substituents is 1. The number of hydrogen-bond donors (Lipinski definition) is 1. The van der Waals surface area contributed by atoms with Crippen LogP contribution in [0, 0.1) is 10.1 Å². The number of benzene rings is 1. The van der Waals surface area contributed by atoms with Crippen LogP contribution in [0.1, 0.15) is 5.56 Å². The summed E-state index contributed by atoms with van der Waals surface area (Å²) in [5, 5.41) is 19.3. The van der Waals surface area contributed by atoms with Crippen molar-refractivity contribution in [1.29, 1.82) is 0 Å². The van der Waals surface area contributed by atoms with Gasteiger partial charge in [-0.1, -0.05) is 0 Å². The fourth-order valence-corrected chi connectivity index (χ4v) is 1.22. The average Bonchev–Trinajstić information content (AvgIpc) is 2.27. The molecular formula is C9H4F7NO3. The third-order valence-electron chi connectivity index (χ3n) is 2.29. The van der Waals surface area contributed by atoms with E-state index < -0.39 is 39.9 Å². The second kappa shape index (κ2) is 4.49. The van der Waals surface area contributed by atoms with Crippen molar-refractivity contribution in [2.75, 3.05) is 0 Å². The number of hydrogen-bond acceptors (Lipinski definition) is 3. The summed E-state index contributed by atoms with van der Waals surface area (Å²) < 4.78 is 87.7. The molecule has 20 heavy (non-hydrogen) atoms. The van der Waals surface area contributed by atoms with Gasteiger partial charge in [-0.2, -0.15) is 30.7 Å². The molecule has 0 aliphatic rings. The summed E-state index contributed by atoms with van der Waals surface area (Å²) in [7, 11) is 0. The highest BCUT2D eigenvalue weighted by Gasteiger charge is 2.73. The van der Waals surface area contributed by atoms with Gasteiger partial charge in [0, 0.05) is 11.6 Å². The standard InChI is InChI=1S/C9H4F7NO3/c10-7(11,8(12,13)9(14,15)16)4-1-2-6(18)5(3-4)17(19)20/h1-3,18H. The van der Waals surface area contributed by atoms with Gasteiger partial charge in [0.15, 0.2) is 5.75 Å². The molecule has 0 radical (unpaired) electrons. The van der Waals surface area contributed by atoms with E-state index in [1.807, 2.05) is 0 Å². The Morgan fingerprint density at radius 1 is 1.05 bits per heavy atom. The lowest BCUT2D eigenvalue weighted by Gasteiger charge is -2.28. The molecule has 0 bridgehead atoms. The topological polar surface area (TPSA) is 63.4 Å². The van der Waals surface area contributed by atoms with E-state index in [1.165, 1.54) is 0 Å². The third-order valence-corrected chi connectivity index (χ3v) is 2.29. The maximum atomic E-state index is 13.2. The Balaban J connectivity index is 3.44. The summed E-state index contributed by atoms with van der Waals surface area (Å²) in [6.07, 6.45) is -6.55. The van der Waals surface area contributed by atoms with Crippen LogP contribution in [0.4, 0.5) is 36.4 Å². The number of halogens is 7. The van der Waals surface area contributed by atoms with Crippen LogP contribution < -0.4 is 0 Å². The van der Waals surface area contributed by atoms with Crippen molar-refractivity contribution in [3.05, 3.63) is 33.9 Å². The minimum atomic E-state index is -6.55. The van der Waals surface area contributed by atoms with E-state index in [9.17, 15) is 40.8 Å². The van der Waals surface area contributed by atoms with Gasteiger partial charge >= 0.3 is 23.7 Å². The molecule has 112 valence electrons. The molecular weight excluding hydrogens is 303 g/mol. The van der Waals surface area contributed by atoms with Crippen LogP contribution in [0.2, 0.25) is 0 Å². The van der Waals surface area contributed by atoms with Crippen molar-refractivity contribution >= 4 is 5.69 Å². The Bertz CT molecular complexity index is 541. The average molecular weight is 307 g/mol. The minimum absolute atomic E-state index is 0.0436. The van der Waals surface area contributed by atoms with E-state index in [0.717, 1.165) is 0 Å². The van der Waals surface area contributed by atoms with Crippen molar-refractivity contribution < 1.29 is 40.8 Å². The summed E-state index contributed by atoms with van der Waals surface area (Å²) in [5.74, 6) is -13.3. The second-order valence-corrected chi connectivity index (χ2v) is 3.61. The zero-order valence-electron chi connectivity index (χ0n) is 9.09. The number of nitro groups is 1. The molecule has 0 amide bonds. The SMILES string of the molecule is O=[N+]([O-])c1cc(C(F)(F)C(F)(F)C(F)(F)F)ccc1O. The Hall–Kier alpha value is -2.07.